The largest absolute Gasteiger partial charge is 0.343 e. The van der Waals surface area contributed by atoms with Crippen LogP contribution >= 0.6 is 11.6 Å². The molecule has 6 fully saturated rings. The van der Waals surface area contributed by atoms with Gasteiger partial charge in [-0.2, -0.15) is 0 Å². The first-order valence-corrected chi connectivity index (χ1v) is 34.6. The number of likely N-dealkylation sites (tertiary alicyclic amines) is 1. The third-order valence-corrected chi connectivity index (χ3v) is 21.5. The Morgan fingerprint density at radius 2 is 1.23 bits per heavy atom. The van der Waals surface area contributed by atoms with Crippen LogP contribution in [0.1, 0.15) is 169 Å². The van der Waals surface area contributed by atoms with E-state index in [1.54, 1.807) is 44.7 Å². The molecule has 93 heavy (non-hydrogen) atoms. The number of nitrogens with zero attached hydrogens (tertiary/aromatic N) is 9. The second kappa shape index (κ2) is 32.5. The zero-order chi connectivity index (χ0) is 68.3. The van der Waals surface area contributed by atoms with Gasteiger partial charge in [0.2, 0.25) is 70.9 Å². The van der Waals surface area contributed by atoms with Gasteiger partial charge in [-0.05, 0) is 120 Å². The number of hydrogen-bond acceptors (Lipinski definition) is 12. The van der Waals surface area contributed by atoms with E-state index in [4.69, 9.17) is 11.6 Å². The molecule has 10 atom stereocenters. The molecule has 1 aromatic carbocycles. The molecule has 0 unspecified atom stereocenters. The molecule has 4 aliphatic heterocycles. The lowest BCUT2D eigenvalue weighted by molar-refractivity contribution is -0.160. The highest BCUT2D eigenvalue weighted by Crippen LogP contribution is 2.35. The predicted molar refractivity (Wildman–Crippen MR) is 350 cm³/mol. The first-order valence-electron chi connectivity index (χ1n) is 34.2. The minimum absolute atomic E-state index is 0.0937. The molecule has 7 rings (SSSR count). The van der Waals surface area contributed by atoms with Gasteiger partial charge in [-0.15, -0.1) is 0 Å². The second-order valence-corrected chi connectivity index (χ2v) is 28.3. The molecule has 516 valence electrons. The summed E-state index contributed by atoms with van der Waals surface area (Å²) in [5.74, 6) is -7.74. The van der Waals surface area contributed by atoms with Crippen molar-refractivity contribution in [2.75, 3.05) is 75.0 Å². The normalized spacial score (nSPS) is 28.7. The lowest BCUT2D eigenvalue weighted by Crippen LogP contribution is -2.65. The molecule has 1 aromatic rings. The summed E-state index contributed by atoms with van der Waals surface area (Å²) in [6.07, 6.45) is 10.2. The molecule has 2 saturated carbocycles. The molecule has 25 heteroatoms. The van der Waals surface area contributed by atoms with Crippen molar-refractivity contribution in [2.45, 2.75) is 230 Å². The summed E-state index contributed by atoms with van der Waals surface area (Å²) in [6.45, 7) is 10.9. The highest BCUT2D eigenvalue weighted by atomic mass is 35.5. The number of nitrogens with one attached hydrogen (secondary N) is 3. The van der Waals surface area contributed by atoms with Crippen molar-refractivity contribution in [3.05, 3.63) is 34.9 Å². The molecule has 1 spiro atoms. The first kappa shape index (κ1) is 73.6. The van der Waals surface area contributed by atoms with Gasteiger partial charge in [-0.3, -0.25) is 57.5 Å². The van der Waals surface area contributed by atoms with Crippen LogP contribution in [0.25, 0.3) is 0 Å². The lowest BCUT2D eigenvalue weighted by Gasteiger charge is -2.45. The number of aryl methyl sites for hydroxylation is 1. The zero-order valence-corrected chi connectivity index (χ0v) is 58.0. The Bertz CT molecular complexity index is 2890. The maximum atomic E-state index is 15.3. The van der Waals surface area contributed by atoms with Gasteiger partial charge in [0.1, 0.15) is 59.9 Å². The standard InChI is InChI=1S/C68H105ClN12O12/c1-13-43(4)56-65(91)75(9)45(6)60(86)81-38-32-51(81)63(89)76(10)52(39-47-23-16-14-17-24-47)62(88)73(7)41-54(82)70-49(31-28-46-26-29-48(69)30-27-46)61(87)80-37-22-25-50(80)59(85)72-68(33-18-19-34-68)67(93)78(12)57(42(2)3)66(92)77(11)53(64(90)79-35-20-15-21-36-79)40-55(83)74(8)44(5)58(84)71-56/h26-27,29-30,42-45,47,49-53,56-57H,13-25,28,31-41H2,1-12H3,(H,70,82)(H,71,84)(H,72,85)/t43-,44-,45-,49-,50-,51-,52-,53-,56-,57-/m0/s1. The van der Waals surface area contributed by atoms with Crippen molar-refractivity contribution in [2.24, 2.45) is 17.8 Å². The van der Waals surface area contributed by atoms with Crippen LogP contribution in [0.2, 0.25) is 5.02 Å². The van der Waals surface area contributed by atoms with Crippen LogP contribution in [0.15, 0.2) is 24.3 Å². The molecule has 24 nitrogen and oxygen atoms in total. The van der Waals surface area contributed by atoms with E-state index in [2.05, 4.69) is 16.0 Å². The summed E-state index contributed by atoms with van der Waals surface area (Å²) >= 11 is 6.24. The molecule has 4 heterocycles. The van der Waals surface area contributed by atoms with Gasteiger partial charge in [0.25, 0.3) is 0 Å². The zero-order valence-electron chi connectivity index (χ0n) is 57.2. The third kappa shape index (κ3) is 17.2. The molecule has 4 saturated heterocycles. The topological polar surface area (TPSA) is 270 Å². The Balaban J connectivity index is 1.25. The van der Waals surface area contributed by atoms with Crippen molar-refractivity contribution in [3.8, 4) is 0 Å². The van der Waals surface area contributed by atoms with Crippen molar-refractivity contribution in [1.29, 1.82) is 0 Å². The fraction of sp³-hybridized carbons (Fsp3) is 0.735. The molecule has 0 aromatic heterocycles. The van der Waals surface area contributed by atoms with Crippen molar-refractivity contribution < 1.29 is 57.5 Å². The molecule has 12 amide bonds. The number of carbonyl (C=O) groups excluding carboxylic acids is 12. The van der Waals surface area contributed by atoms with E-state index in [-0.39, 0.29) is 51.1 Å². The van der Waals surface area contributed by atoms with Crippen LogP contribution in [0.3, 0.4) is 0 Å². The quantitative estimate of drug-likeness (QED) is 0.317. The summed E-state index contributed by atoms with van der Waals surface area (Å²) in [4.78, 5) is 190. The highest BCUT2D eigenvalue weighted by molar-refractivity contribution is 6.30. The Hall–Kier alpha value is -6.85. The van der Waals surface area contributed by atoms with E-state index in [0.717, 1.165) is 44.1 Å². The van der Waals surface area contributed by atoms with E-state index >= 15 is 14.4 Å². The molecule has 6 aliphatic rings. The number of likely N-dealkylation sites (N-methyl/N-ethyl adjacent to an activating group) is 6. The van der Waals surface area contributed by atoms with Crippen LogP contribution in [-0.2, 0) is 64.0 Å². The average molecular weight is 1320 g/mol. The van der Waals surface area contributed by atoms with Gasteiger partial charge in [0, 0.05) is 73.5 Å². The van der Waals surface area contributed by atoms with E-state index in [9.17, 15) is 43.2 Å². The van der Waals surface area contributed by atoms with Crippen molar-refractivity contribution in [1.82, 2.24) is 60.0 Å². The van der Waals surface area contributed by atoms with Crippen LogP contribution in [0.5, 0.6) is 0 Å². The van der Waals surface area contributed by atoms with Crippen LogP contribution in [-0.4, -0.2) is 250 Å². The van der Waals surface area contributed by atoms with Crippen LogP contribution in [0.4, 0.5) is 0 Å². The number of rotatable bonds is 9. The first-order chi connectivity index (χ1) is 44.0. The average Bonchev–Trinajstić information content (AvgIpc) is 1.77. The maximum Gasteiger partial charge on any atom is 0.248 e. The third-order valence-electron chi connectivity index (χ3n) is 21.2. The molecule has 0 bridgehead atoms. The van der Waals surface area contributed by atoms with E-state index in [0.29, 0.717) is 69.5 Å². The number of halogens is 1. The van der Waals surface area contributed by atoms with Gasteiger partial charge in [-0.25, -0.2) is 0 Å². The SMILES string of the molecule is CC[C@H](C)[C@@H]1NC(=O)[C@H](C)N(C)C(=O)C[C@@H](C(=O)N2CCCCC2)N(C)C(=O)[C@H](C(C)C)N(C)C(=O)C2(CCCC2)NC(=O)[C@@H]2CCCN2C(=O)[C@H](CCc2ccc(Cl)cc2)NC(=O)CN(C)C(=O)[C@H](CC2CCCCC2)N(C)C(=O)[C@@H]2CCN2C(=O)[C@H](C)N(C)C1=O. The fourth-order valence-corrected chi connectivity index (χ4v) is 14.7. The van der Waals surface area contributed by atoms with Gasteiger partial charge in [-0.1, -0.05) is 103 Å². The molecule has 0 radical (unpaired) electrons. The van der Waals surface area contributed by atoms with Crippen molar-refractivity contribution in [3.63, 3.8) is 0 Å². The Kier molecular flexibility index (Phi) is 25.7. The molecular formula is C68H105ClN12O12. The van der Waals surface area contributed by atoms with Crippen molar-refractivity contribution >= 4 is 82.5 Å². The highest BCUT2D eigenvalue weighted by Gasteiger charge is 2.51. The summed E-state index contributed by atoms with van der Waals surface area (Å²) < 4.78 is 0. The number of fused-ring (bicyclic) bond motifs is 2. The van der Waals surface area contributed by atoms with E-state index < -0.39 is 156 Å². The van der Waals surface area contributed by atoms with E-state index in [1.165, 1.54) is 88.4 Å². The second-order valence-electron chi connectivity index (χ2n) is 27.8. The van der Waals surface area contributed by atoms with Gasteiger partial charge in [0.05, 0.1) is 13.0 Å². The Morgan fingerprint density at radius 1 is 0.602 bits per heavy atom. The van der Waals surface area contributed by atoms with Crippen LogP contribution in [0, 0.1) is 17.8 Å². The van der Waals surface area contributed by atoms with Gasteiger partial charge < -0.3 is 60.0 Å². The number of piperidine rings is 1. The minimum Gasteiger partial charge on any atom is -0.343 e. The number of benzene rings is 1. The minimum atomic E-state index is -1.49. The summed E-state index contributed by atoms with van der Waals surface area (Å²) in [5.41, 5.74) is -0.659. The number of carbonyl (C=O) groups is 12. The van der Waals surface area contributed by atoms with E-state index in [1.807, 2.05) is 19.1 Å². The summed E-state index contributed by atoms with van der Waals surface area (Å²) in [5, 5.41) is 9.38. The van der Waals surface area contributed by atoms with Gasteiger partial charge in [0.15, 0.2) is 0 Å². The Labute approximate surface area is 555 Å². The lowest BCUT2D eigenvalue weighted by atomic mass is 9.84. The number of amides is 12. The smallest absolute Gasteiger partial charge is 0.248 e. The maximum absolute atomic E-state index is 15.3. The number of hydrogen-bond donors (Lipinski definition) is 3. The molecule has 3 N–H and O–H groups in total. The Morgan fingerprint density at radius 3 is 1.83 bits per heavy atom. The predicted octanol–water partition coefficient (Wildman–Crippen LogP) is 3.99. The summed E-state index contributed by atoms with van der Waals surface area (Å²) in [6, 6.07) is -3.17. The van der Waals surface area contributed by atoms with Gasteiger partial charge >= 0.3 is 0 Å². The monoisotopic (exact) mass is 1320 g/mol. The fourth-order valence-electron chi connectivity index (χ4n) is 14.6. The molecule has 2 aliphatic carbocycles. The summed E-state index contributed by atoms with van der Waals surface area (Å²) in [7, 11) is 8.79. The van der Waals surface area contributed by atoms with Crippen LogP contribution < -0.4 is 16.0 Å². The molecular weight excluding hydrogens is 1210 g/mol.